The molecular weight excluding hydrogens is 362 g/mol. The zero-order chi connectivity index (χ0) is 21.2. The van der Waals surface area contributed by atoms with E-state index in [0.29, 0.717) is 18.6 Å². The van der Waals surface area contributed by atoms with Gasteiger partial charge in [-0.25, -0.2) is 4.99 Å². The fourth-order valence-electron chi connectivity index (χ4n) is 3.44. The van der Waals surface area contributed by atoms with Crippen LogP contribution in [0.4, 0.5) is 5.69 Å². The summed E-state index contributed by atoms with van der Waals surface area (Å²) in [7, 11) is 0. The fourth-order valence-corrected chi connectivity index (χ4v) is 3.44. The van der Waals surface area contributed by atoms with E-state index in [0.717, 1.165) is 56.1 Å². The van der Waals surface area contributed by atoms with Crippen molar-refractivity contribution in [2.24, 2.45) is 10.9 Å². The van der Waals surface area contributed by atoms with Gasteiger partial charge in [-0.1, -0.05) is 26.0 Å². The van der Waals surface area contributed by atoms with Crippen molar-refractivity contribution in [1.29, 1.82) is 0 Å². The van der Waals surface area contributed by atoms with Crippen molar-refractivity contribution in [3.05, 3.63) is 29.8 Å². The van der Waals surface area contributed by atoms with Crippen molar-refractivity contribution in [3.8, 4) is 0 Å². The van der Waals surface area contributed by atoms with Gasteiger partial charge in [0.2, 0.25) is 5.91 Å². The summed E-state index contributed by atoms with van der Waals surface area (Å²) in [6.45, 7) is 14.3. The van der Waals surface area contributed by atoms with Crippen LogP contribution in [0.15, 0.2) is 29.3 Å². The number of amides is 1. The number of rotatable bonds is 8. The summed E-state index contributed by atoms with van der Waals surface area (Å²) >= 11 is 0. The number of hydrogen-bond donors (Lipinski definition) is 3. The minimum Gasteiger partial charge on any atom is -0.357 e. The maximum absolute atomic E-state index is 12.1. The Labute approximate surface area is 176 Å². The molecule has 1 aromatic rings. The van der Waals surface area contributed by atoms with Gasteiger partial charge in [0.25, 0.3) is 0 Å². The topological polar surface area (TPSA) is 68.8 Å². The van der Waals surface area contributed by atoms with Crippen LogP contribution in [-0.2, 0) is 11.3 Å². The molecule has 2 rings (SSSR count). The summed E-state index contributed by atoms with van der Waals surface area (Å²) in [5.41, 5.74) is 1.92. The summed E-state index contributed by atoms with van der Waals surface area (Å²) in [5, 5.41) is 9.96. The number of nitrogens with zero attached hydrogens (tertiary/aromatic N) is 2. The Morgan fingerprint density at radius 1 is 1.21 bits per heavy atom. The highest BCUT2D eigenvalue weighted by Crippen LogP contribution is 2.15. The minimum atomic E-state index is 0.0170. The SMILES string of the molecule is CCNC(=NCc1cccc(NC(=O)C(C)CC)c1)NC1CCN(C(C)C)CC1. The molecule has 1 aromatic carbocycles. The summed E-state index contributed by atoms with van der Waals surface area (Å²) in [6.07, 6.45) is 3.11. The number of anilines is 1. The lowest BCUT2D eigenvalue weighted by atomic mass is 10.0. The Hall–Kier alpha value is -2.08. The van der Waals surface area contributed by atoms with Gasteiger partial charge in [0.15, 0.2) is 5.96 Å². The number of carbonyl (C=O) groups excluding carboxylic acids is 1. The van der Waals surface area contributed by atoms with Crippen LogP contribution in [0.3, 0.4) is 0 Å². The zero-order valence-electron chi connectivity index (χ0n) is 18.8. The van der Waals surface area contributed by atoms with Crippen LogP contribution in [0, 0.1) is 5.92 Å². The predicted octanol–water partition coefficient (Wildman–Crippen LogP) is 3.60. The highest BCUT2D eigenvalue weighted by atomic mass is 16.1. The van der Waals surface area contributed by atoms with E-state index in [-0.39, 0.29) is 11.8 Å². The number of hydrogen-bond acceptors (Lipinski definition) is 3. The molecule has 3 N–H and O–H groups in total. The number of carbonyl (C=O) groups is 1. The molecule has 1 amide bonds. The predicted molar refractivity (Wildman–Crippen MR) is 122 cm³/mol. The maximum atomic E-state index is 12.1. The van der Waals surface area contributed by atoms with Gasteiger partial charge in [0, 0.05) is 43.3 Å². The summed E-state index contributed by atoms with van der Waals surface area (Å²) in [4.78, 5) is 19.4. The van der Waals surface area contributed by atoms with Gasteiger partial charge in [0.05, 0.1) is 6.54 Å². The van der Waals surface area contributed by atoms with Gasteiger partial charge in [-0.3, -0.25) is 4.79 Å². The fraction of sp³-hybridized carbons (Fsp3) is 0.652. The molecule has 1 saturated heterocycles. The number of likely N-dealkylation sites (tertiary alicyclic amines) is 1. The van der Waals surface area contributed by atoms with E-state index in [9.17, 15) is 4.79 Å². The summed E-state index contributed by atoms with van der Waals surface area (Å²) in [5.74, 6) is 0.948. The van der Waals surface area contributed by atoms with Crippen LogP contribution in [0.2, 0.25) is 0 Å². The van der Waals surface area contributed by atoms with Crippen LogP contribution >= 0.6 is 0 Å². The molecule has 1 aliphatic rings. The Kier molecular flexibility index (Phi) is 9.45. The molecule has 0 spiro atoms. The summed E-state index contributed by atoms with van der Waals surface area (Å²) in [6, 6.07) is 9.04. The lowest BCUT2D eigenvalue weighted by Gasteiger charge is -2.35. The molecule has 1 heterocycles. The molecule has 162 valence electrons. The molecule has 6 nitrogen and oxygen atoms in total. The van der Waals surface area contributed by atoms with E-state index < -0.39 is 0 Å². The van der Waals surface area contributed by atoms with Gasteiger partial charge in [-0.2, -0.15) is 0 Å². The second-order valence-corrected chi connectivity index (χ2v) is 8.24. The third-order valence-electron chi connectivity index (χ3n) is 5.62. The first-order valence-electron chi connectivity index (χ1n) is 11.1. The largest absolute Gasteiger partial charge is 0.357 e. The average Bonchev–Trinajstić information content (AvgIpc) is 2.72. The van der Waals surface area contributed by atoms with Crippen LogP contribution in [0.25, 0.3) is 0 Å². The lowest BCUT2D eigenvalue weighted by molar-refractivity contribution is -0.119. The first kappa shape index (κ1) is 23.2. The zero-order valence-corrected chi connectivity index (χ0v) is 18.8. The van der Waals surface area contributed by atoms with Crippen molar-refractivity contribution in [2.45, 2.75) is 72.5 Å². The van der Waals surface area contributed by atoms with Gasteiger partial charge in [-0.05, 0) is 57.7 Å². The van der Waals surface area contributed by atoms with Crippen LogP contribution in [-0.4, -0.2) is 48.5 Å². The van der Waals surface area contributed by atoms with Gasteiger partial charge in [-0.15, -0.1) is 0 Å². The quantitative estimate of drug-likeness (QED) is 0.460. The number of piperidine rings is 1. The molecule has 6 heteroatoms. The number of nitrogens with one attached hydrogen (secondary N) is 3. The molecule has 29 heavy (non-hydrogen) atoms. The molecule has 1 aliphatic heterocycles. The Morgan fingerprint density at radius 3 is 2.55 bits per heavy atom. The Morgan fingerprint density at radius 2 is 1.93 bits per heavy atom. The van der Waals surface area contributed by atoms with Crippen LogP contribution in [0.5, 0.6) is 0 Å². The second kappa shape index (κ2) is 11.8. The van der Waals surface area contributed by atoms with E-state index in [1.807, 2.05) is 38.1 Å². The smallest absolute Gasteiger partial charge is 0.227 e. The molecule has 0 radical (unpaired) electrons. The van der Waals surface area contributed by atoms with E-state index in [1.165, 1.54) is 0 Å². The molecule has 1 atom stereocenters. The number of benzene rings is 1. The second-order valence-electron chi connectivity index (χ2n) is 8.24. The van der Waals surface area contributed by atoms with E-state index in [1.54, 1.807) is 0 Å². The van der Waals surface area contributed by atoms with Crippen LogP contribution < -0.4 is 16.0 Å². The molecule has 1 unspecified atom stereocenters. The molecule has 0 aliphatic carbocycles. The highest BCUT2D eigenvalue weighted by Gasteiger charge is 2.21. The maximum Gasteiger partial charge on any atom is 0.227 e. The normalized spacial score (nSPS) is 17.2. The molecule has 0 aromatic heterocycles. The molecular formula is C23H39N5O. The monoisotopic (exact) mass is 401 g/mol. The standard InChI is InChI=1S/C23H39N5O/c1-6-18(5)22(29)26-21-10-8-9-19(15-21)16-25-23(24-7-2)27-20-11-13-28(14-12-20)17(3)4/h8-10,15,17-18,20H,6-7,11-14,16H2,1-5H3,(H,26,29)(H2,24,25,27). The first-order valence-corrected chi connectivity index (χ1v) is 11.1. The van der Waals surface area contributed by atoms with Crippen molar-refractivity contribution in [2.75, 3.05) is 25.0 Å². The highest BCUT2D eigenvalue weighted by molar-refractivity contribution is 5.92. The van der Waals surface area contributed by atoms with Crippen molar-refractivity contribution in [1.82, 2.24) is 15.5 Å². The van der Waals surface area contributed by atoms with E-state index in [2.05, 4.69) is 41.6 Å². The Balaban J connectivity index is 1.94. The summed E-state index contributed by atoms with van der Waals surface area (Å²) < 4.78 is 0. The average molecular weight is 402 g/mol. The van der Waals surface area contributed by atoms with E-state index in [4.69, 9.17) is 4.99 Å². The third-order valence-corrected chi connectivity index (χ3v) is 5.62. The third kappa shape index (κ3) is 7.69. The molecule has 0 bridgehead atoms. The molecule has 0 saturated carbocycles. The van der Waals surface area contributed by atoms with E-state index >= 15 is 0 Å². The Bertz CT molecular complexity index is 665. The van der Waals surface area contributed by atoms with Crippen molar-refractivity contribution >= 4 is 17.6 Å². The first-order chi connectivity index (χ1) is 13.9. The van der Waals surface area contributed by atoms with Gasteiger partial charge < -0.3 is 20.9 Å². The van der Waals surface area contributed by atoms with Gasteiger partial charge >= 0.3 is 0 Å². The number of aliphatic imine (C=N–C) groups is 1. The van der Waals surface area contributed by atoms with Crippen molar-refractivity contribution < 1.29 is 4.79 Å². The van der Waals surface area contributed by atoms with Gasteiger partial charge in [0.1, 0.15) is 0 Å². The van der Waals surface area contributed by atoms with Crippen molar-refractivity contribution in [3.63, 3.8) is 0 Å². The van der Waals surface area contributed by atoms with Crippen LogP contribution in [0.1, 0.15) is 59.4 Å². The number of guanidine groups is 1. The lowest BCUT2D eigenvalue weighted by Crippen LogP contribution is -2.49. The minimum absolute atomic E-state index is 0.0170. The molecule has 1 fully saturated rings.